The van der Waals surface area contributed by atoms with Crippen molar-refractivity contribution >= 4 is 27.3 Å². The average Bonchev–Trinajstić information content (AvgIpc) is 3.04. The van der Waals surface area contributed by atoms with Gasteiger partial charge in [0.1, 0.15) is 12.4 Å². The van der Waals surface area contributed by atoms with Crippen molar-refractivity contribution in [1.82, 2.24) is 5.32 Å². The van der Waals surface area contributed by atoms with E-state index in [4.69, 9.17) is 14.2 Å². The Balaban J connectivity index is 1.80. The van der Waals surface area contributed by atoms with Gasteiger partial charge in [0.15, 0.2) is 11.5 Å². The number of ether oxygens (including phenoxy) is 3. The highest BCUT2D eigenvalue weighted by Gasteiger charge is 2.18. The first kappa shape index (κ1) is 13.7. The van der Waals surface area contributed by atoms with Crippen molar-refractivity contribution in [2.75, 3.05) is 13.8 Å². The van der Waals surface area contributed by atoms with Gasteiger partial charge in [0.05, 0.1) is 0 Å². The Hall–Kier alpha value is -1.24. The molecular weight excluding hydrogens is 342 g/mol. The summed E-state index contributed by atoms with van der Waals surface area (Å²) in [5.74, 6) is 2.35. The maximum Gasteiger partial charge on any atom is 0.231 e. The molecule has 0 aliphatic carbocycles. The molecule has 2 aromatic rings. The SMILES string of the molecule is CNCc1cc2c(cc1OCc1cc(Br)cs1)OCO2. The van der Waals surface area contributed by atoms with Crippen LogP contribution in [-0.2, 0) is 13.2 Å². The Kier molecular flexibility index (Phi) is 4.14. The quantitative estimate of drug-likeness (QED) is 0.890. The number of rotatable bonds is 5. The molecule has 0 radical (unpaired) electrons. The summed E-state index contributed by atoms with van der Waals surface area (Å²) < 4.78 is 17.8. The second-order valence-electron chi connectivity index (χ2n) is 4.36. The molecule has 1 aromatic carbocycles. The highest BCUT2D eigenvalue weighted by molar-refractivity contribution is 9.10. The first-order chi connectivity index (χ1) is 9.76. The second-order valence-corrected chi connectivity index (χ2v) is 6.27. The first-order valence-electron chi connectivity index (χ1n) is 6.19. The van der Waals surface area contributed by atoms with Crippen LogP contribution >= 0.6 is 27.3 Å². The molecule has 0 bridgehead atoms. The van der Waals surface area contributed by atoms with Gasteiger partial charge < -0.3 is 19.5 Å². The van der Waals surface area contributed by atoms with Crippen LogP contribution in [0.15, 0.2) is 28.1 Å². The van der Waals surface area contributed by atoms with E-state index in [1.165, 1.54) is 4.88 Å². The third kappa shape index (κ3) is 2.92. The molecule has 20 heavy (non-hydrogen) atoms. The van der Waals surface area contributed by atoms with Crippen molar-refractivity contribution in [1.29, 1.82) is 0 Å². The molecule has 1 N–H and O–H groups in total. The third-order valence-electron chi connectivity index (χ3n) is 2.91. The largest absolute Gasteiger partial charge is 0.488 e. The van der Waals surface area contributed by atoms with Crippen LogP contribution in [0.3, 0.4) is 0 Å². The Labute approximate surface area is 129 Å². The summed E-state index contributed by atoms with van der Waals surface area (Å²) in [4.78, 5) is 1.17. The van der Waals surface area contributed by atoms with Crippen molar-refractivity contribution in [3.8, 4) is 17.2 Å². The monoisotopic (exact) mass is 355 g/mol. The Morgan fingerprint density at radius 2 is 2.10 bits per heavy atom. The molecular formula is C14H14BrNO3S. The molecule has 0 spiro atoms. The minimum Gasteiger partial charge on any atom is -0.488 e. The molecule has 0 fully saturated rings. The average molecular weight is 356 g/mol. The molecule has 4 nitrogen and oxygen atoms in total. The maximum absolute atomic E-state index is 5.93. The highest BCUT2D eigenvalue weighted by Crippen LogP contribution is 2.38. The summed E-state index contributed by atoms with van der Waals surface area (Å²) in [7, 11) is 1.91. The van der Waals surface area contributed by atoms with Gasteiger partial charge >= 0.3 is 0 Å². The van der Waals surface area contributed by atoms with Gasteiger partial charge in [-0.05, 0) is 35.1 Å². The van der Waals surface area contributed by atoms with E-state index in [9.17, 15) is 0 Å². The first-order valence-corrected chi connectivity index (χ1v) is 7.86. The van der Waals surface area contributed by atoms with Crippen LogP contribution in [-0.4, -0.2) is 13.8 Å². The molecule has 0 saturated carbocycles. The molecule has 106 valence electrons. The summed E-state index contributed by atoms with van der Waals surface area (Å²) in [5.41, 5.74) is 1.06. The van der Waals surface area contributed by atoms with Gasteiger partial charge in [-0.2, -0.15) is 0 Å². The van der Waals surface area contributed by atoms with Gasteiger partial charge in [-0.15, -0.1) is 11.3 Å². The van der Waals surface area contributed by atoms with Gasteiger partial charge in [-0.1, -0.05) is 0 Å². The van der Waals surface area contributed by atoms with Crippen LogP contribution < -0.4 is 19.5 Å². The van der Waals surface area contributed by atoms with E-state index in [1.807, 2.05) is 24.6 Å². The fourth-order valence-corrected chi connectivity index (χ4v) is 3.37. The second kappa shape index (κ2) is 6.03. The zero-order chi connectivity index (χ0) is 13.9. The highest BCUT2D eigenvalue weighted by atomic mass is 79.9. The Bertz CT molecular complexity index is 614. The molecule has 1 aliphatic heterocycles. The standard InChI is InChI=1S/C14H14BrNO3S/c1-16-5-9-2-13-14(19-8-18-13)4-12(9)17-6-11-3-10(15)7-20-11/h2-4,7,16H,5-6,8H2,1H3. The van der Waals surface area contributed by atoms with Crippen molar-refractivity contribution in [3.05, 3.63) is 38.5 Å². The summed E-state index contributed by atoms with van der Waals surface area (Å²) >= 11 is 5.12. The number of nitrogens with one attached hydrogen (secondary N) is 1. The lowest BCUT2D eigenvalue weighted by molar-refractivity contribution is 0.173. The zero-order valence-corrected chi connectivity index (χ0v) is 13.3. The van der Waals surface area contributed by atoms with Gasteiger partial charge in [0.2, 0.25) is 6.79 Å². The van der Waals surface area contributed by atoms with Crippen LogP contribution in [0.2, 0.25) is 0 Å². The molecule has 0 saturated heterocycles. The summed E-state index contributed by atoms with van der Waals surface area (Å²) in [6, 6.07) is 5.94. The van der Waals surface area contributed by atoms with Crippen molar-refractivity contribution < 1.29 is 14.2 Å². The van der Waals surface area contributed by atoms with Gasteiger partial charge in [0, 0.05) is 32.9 Å². The number of thiophene rings is 1. The zero-order valence-electron chi connectivity index (χ0n) is 10.9. The van der Waals surface area contributed by atoms with Crippen molar-refractivity contribution in [3.63, 3.8) is 0 Å². The molecule has 6 heteroatoms. The van der Waals surface area contributed by atoms with Crippen LogP contribution in [0.4, 0.5) is 0 Å². The smallest absolute Gasteiger partial charge is 0.231 e. The minimum absolute atomic E-state index is 0.273. The van der Waals surface area contributed by atoms with Crippen LogP contribution in [0.1, 0.15) is 10.4 Å². The van der Waals surface area contributed by atoms with Crippen molar-refractivity contribution in [2.24, 2.45) is 0 Å². The number of benzene rings is 1. The van der Waals surface area contributed by atoms with E-state index < -0.39 is 0 Å². The molecule has 1 aromatic heterocycles. The van der Waals surface area contributed by atoms with Crippen LogP contribution in [0.25, 0.3) is 0 Å². The lowest BCUT2D eigenvalue weighted by atomic mass is 10.1. The number of halogens is 1. The normalized spacial score (nSPS) is 12.7. The fraction of sp³-hybridized carbons (Fsp3) is 0.286. The molecule has 1 aliphatic rings. The van der Waals surface area contributed by atoms with E-state index >= 15 is 0 Å². The van der Waals surface area contributed by atoms with E-state index in [1.54, 1.807) is 11.3 Å². The maximum atomic E-state index is 5.93. The molecule has 2 heterocycles. The molecule has 3 rings (SSSR count). The summed E-state index contributed by atoms with van der Waals surface area (Å²) in [6.07, 6.45) is 0. The van der Waals surface area contributed by atoms with Gasteiger partial charge in [-0.3, -0.25) is 0 Å². The number of fused-ring (bicyclic) bond motifs is 1. The van der Waals surface area contributed by atoms with Crippen LogP contribution in [0, 0.1) is 0 Å². The predicted molar refractivity (Wildman–Crippen MR) is 81.7 cm³/mol. The fourth-order valence-electron chi connectivity index (χ4n) is 2.01. The van der Waals surface area contributed by atoms with Crippen molar-refractivity contribution in [2.45, 2.75) is 13.2 Å². The minimum atomic E-state index is 0.273. The Morgan fingerprint density at radius 3 is 2.80 bits per heavy atom. The number of hydrogen-bond acceptors (Lipinski definition) is 5. The molecule has 0 atom stereocenters. The Morgan fingerprint density at radius 1 is 1.30 bits per heavy atom. The number of hydrogen-bond donors (Lipinski definition) is 1. The van der Waals surface area contributed by atoms with E-state index in [0.717, 1.165) is 33.8 Å². The summed E-state index contributed by atoms with van der Waals surface area (Å²) in [5, 5.41) is 5.19. The third-order valence-corrected chi connectivity index (χ3v) is 4.59. The summed E-state index contributed by atoms with van der Waals surface area (Å²) in [6.45, 7) is 1.54. The van der Waals surface area contributed by atoms with Gasteiger partial charge in [0.25, 0.3) is 0 Å². The van der Waals surface area contributed by atoms with Gasteiger partial charge in [-0.25, -0.2) is 0 Å². The molecule has 0 unspecified atom stereocenters. The molecule has 0 amide bonds. The predicted octanol–water partition coefficient (Wildman–Crippen LogP) is 3.54. The van der Waals surface area contributed by atoms with E-state index in [-0.39, 0.29) is 6.79 Å². The van der Waals surface area contributed by atoms with Crippen LogP contribution in [0.5, 0.6) is 17.2 Å². The van der Waals surface area contributed by atoms with E-state index in [0.29, 0.717) is 6.61 Å². The lowest BCUT2D eigenvalue weighted by Crippen LogP contribution is -2.07. The van der Waals surface area contributed by atoms with E-state index in [2.05, 4.69) is 27.3 Å². The lowest BCUT2D eigenvalue weighted by Gasteiger charge is -2.12. The topological polar surface area (TPSA) is 39.7 Å².